The Hall–Kier alpha value is 0.199. The van der Waals surface area contributed by atoms with E-state index >= 15 is 0 Å². The maximum atomic E-state index is 10.5. The van der Waals surface area contributed by atoms with Gasteiger partial charge in [0.1, 0.15) is 12.2 Å². The van der Waals surface area contributed by atoms with Gasteiger partial charge < -0.3 is 118 Å². The van der Waals surface area contributed by atoms with E-state index in [9.17, 15) is 57.2 Å². The third kappa shape index (κ3) is 28.6. The first-order valence-electron chi connectivity index (χ1n) is 9.35. The van der Waals surface area contributed by atoms with Crippen LogP contribution in [0.25, 0.3) is 0 Å². The molecule has 0 aromatic heterocycles. The normalized spacial score (nSPS) is 18.5. The van der Waals surface area contributed by atoms with Crippen molar-refractivity contribution in [3.63, 3.8) is 0 Å². The fourth-order valence-corrected chi connectivity index (χ4v) is 3.92. The molecule has 0 bridgehead atoms. The first-order valence-corrected chi connectivity index (χ1v) is 15.3. The number of rotatable bonds is 8. The second-order valence-electron chi connectivity index (χ2n) is 6.61. The van der Waals surface area contributed by atoms with Gasteiger partial charge in [-0.3, -0.25) is 4.31 Å². The van der Waals surface area contributed by atoms with E-state index in [0.29, 0.717) is 0 Å². The Balaban J connectivity index is -0.0000000885. The first kappa shape index (κ1) is 62.3. The molecule has 28 nitrogen and oxygen atoms in total. The van der Waals surface area contributed by atoms with Crippen molar-refractivity contribution in [3.05, 3.63) is 23.0 Å². The predicted molar refractivity (Wildman–Crippen MR) is 132 cm³/mol. The molecule has 35 heteroatoms. The summed E-state index contributed by atoms with van der Waals surface area (Å²) in [4.78, 5) is 92.5. The second kappa shape index (κ2) is 26.0. The minimum Gasteiger partial charge on any atom is -0.790 e. The van der Waals surface area contributed by atoms with Crippen molar-refractivity contribution in [1.29, 1.82) is 0 Å². The van der Waals surface area contributed by atoms with Gasteiger partial charge in [0.25, 0.3) is 0 Å². The van der Waals surface area contributed by atoms with Crippen molar-refractivity contribution < 1.29 is 137 Å². The minimum atomic E-state index is -5.68. The Labute approximate surface area is 308 Å². The van der Waals surface area contributed by atoms with Crippen LogP contribution in [0.4, 0.5) is 0 Å². The molecule has 0 radical (unpaired) electrons. The molecule has 0 saturated carbocycles. The minimum absolute atomic E-state index is 0. The number of ether oxygens (including phenoxy) is 2. The van der Waals surface area contributed by atoms with E-state index in [1.54, 1.807) is 0 Å². The van der Waals surface area contributed by atoms with E-state index in [-0.39, 0.29) is 80.1 Å². The Morgan fingerprint density at radius 2 is 0.851 bits per heavy atom. The molecule has 264 valence electrons. The molecule has 0 aliphatic carbocycles. The zero-order valence-corrected chi connectivity index (χ0v) is 30.5. The summed E-state index contributed by atoms with van der Waals surface area (Å²) in [7, 11) is -22.1. The Bertz CT molecular complexity index is 1070. The standard InChI is InChI=1S/2C6H8O6.3Mg.2H4O7P2.2H2O/c2*7-1-2(8)5-3(9)4(10)6(11)12-5;;;;2*1-8(2,3)7-9(4,5)6;;/h2*2,5,7-10H,1H2;;;;2*(H2,1,2,3)(H2,4,5,6);2*1H2/q;;3*+2;;;;/p-6/t2*2-,5+;;;;;;;/m00......./s1. The molecule has 2 heterocycles. The summed E-state index contributed by atoms with van der Waals surface area (Å²) in [6.45, 7) is -1.34. The van der Waals surface area contributed by atoms with E-state index in [1.807, 2.05) is 0 Å². The van der Waals surface area contributed by atoms with Gasteiger partial charge in [0, 0.05) is 0 Å². The molecule has 2 rings (SSSR count). The largest absolute Gasteiger partial charge is 2.00 e. The quantitative estimate of drug-likeness (QED) is 0.0618. The summed E-state index contributed by atoms with van der Waals surface area (Å²) in [6.07, 6.45) is -5.55. The van der Waals surface area contributed by atoms with Gasteiger partial charge in [-0.05, 0) is 0 Å². The van der Waals surface area contributed by atoms with E-state index in [4.69, 9.17) is 50.6 Å². The van der Waals surface area contributed by atoms with Crippen LogP contribution in [0, 0.1) is 0 Å². The summed E-state index contributed by atoms with van der Waals surface area (Å²) >= 11 is 0. The van der Waals surface area contributed by atoms with Gasteiger partial charge in [0.05, 0.1) is 36.7 Å². The summed E-state index contributed by atoms with van der Waals surface area (Å²) in [5, 5.41) is 70.1. The Morgan fingerprint density at radius 1 is 0.617 bits per heavy atom. The number of carbonyl (C=O) groups excluding carboxylic acids is 2. The fourth-order valence-electron chi connectivity index (χ4n) is 1.90. The summed E-state index contributed by atoms with van der Waals surface area (Å²) < 4.78 is 51.5. The van der Waals surface area contributed by atoms with Crippen LogP contribution in [0.3, 0.4) is 0 Å². The van der Waals surface area contributed by atoms with E-state index in [1.165, 1.54) is 0 Å². The van der Waals surface area contributed by atoms with Crippen LogP contribution in [0.1, 0.15) is 0 Å². The van der Waals surface area contributed by atoms with Gasteiger partial charge in [-0.15, -0.1) is 0 Å². The third-order valence-electron chi connectivity index (χ3n) is 3.36. The Morgan fingerprint density at radius 3 is 0.936 bits per heavy atom. The number of hydrogen-bond donors (Lipinski definition) is 10. The number of hydrogen-bond acceptors (Lipinski definition) is 24. The number of aliphatic hydroxyl groups excluding tert-OH is 8. The van der Waals surface area contributed by atoms with Crippen LogP contribution in [-0.2, 0) is 45.9 Å². The second-order valence-corrected chi connectivity index (χ2v) is 11.6. The number of aliphatic hydroxyl groups is 8. The van der Waals surface area contributed by atoms with E-state index in [0.717, 1.165) is 0 Å². The molecular formula is C12H22Mg3O28P4. The van der Waals surface area contributed by atoms with Gasteiger partial charge in [-0.25, -0.2) is 14.2 Å². The SMILES string of the molecule is O.O.O=C1O[C@H]([C@@H](O)CO)C(O)=C1O.O=C1O[C@H]([C@@H](O)CO)C(O)=C1O.O=P([O-])([O-])OP(=O)(O)O.O=P([O-])([O-])OP(=O)([O-])[O-].[Mg+2].[Mg+2].[Mg+2]. The molecule has 2 aliphatic rings. The van der Waals surface area contributed by atoms with Crippen molar-refractivity contribution in [3.8, 4) is 0 Å². The molecule has 0 saturated heterocycles. The van der Waals surface area contributed by atoms with E-state index < -0.39 is 104 Å². The number of carbonyl (C=O) groups is 2. The molecule has 0 unspecified atom stereocenters. The van der Waals surface area contributed by atoms with Crippen molar-refractivity contribution in [1.82, 2.24) is 0 Å². The maximum Gasteiger partial charge on any atom is 2.00 e. The smallest absolute Gasteiger partial charge is 0.790 e. The predicted octanol–water partition coefficient (Wildman–Crippen LogP) is -11.0. The summed E-state index contributed by atoms with van der Waals surface area (Å²) in [6, 6.07) is 0. The fraction of sp³-hybridized carbons (Fsp3) is 0.500. The molecule has 0 fully saturated rings. The van der Waals surface area contributed by atoms with Gasteiger partial charge in [-0.1, -0.05) is 0 Å². The first-order chi connectivity index (χ1) is 18.6. The van der Waals surface area contributed by atoms with Crippen LogP contribution < -0.4 is 29.4 Å². The van der Waals surface area contributed by atoms with Crippen LogP contribution in [0.5, 0.6) is 0 Å². The molecule has 0 spiro atoms. The summed E-state index contributed by atoms with van der Waals surface area (Å²) in [5.74, 6) is -5.56. The van der Waals surface area contributed by atoms with Gasteiger partial charge in [0.15, 0.2) is 23.7 Å². The number of phosphoric acid groups is 4. The van der Waals surface area contributed by atoms with Crippen molar-refractivity contribution in [2.24, 2.45) is 0 Å². The molecule has 2 aliphatic heterocycles. The molecule has 47 heavy (non-hydrogen) atoms. The molecular weight excluding hydrogens is 789 g/mol. The van der Waals surface area contributed by atoms with Gasteiger partial charge in [-0.2, -0.15) is 0 Å². The zero-order valence-electron chi connectivity index (χ0n) is 22.6. The monoisotopic (exact) mass is 810 g/mol. The van der Waals surface area contributed by atoms with Crippen molar-refractivity contribution in [2.75, 3.05) is 13.2 Å². The Kier molecular flexibility index (Phi) is 34.5. The third-order valence-corrected chi connectivity index (χ3v) is 6.61. The average Bonchev–Trinajstić information content (AvgIpc) is 3.18. The van der Waals surface area contributed by atoms with Crippen LogP contribution in [0.15, 0.2) is 23.0 Å². The molecule has 4 atom stereocenters. The van der Waals surface area contributed by atoms with Gasteiger partial charge >= 0.3 is 88.9 Å². The molecule has 14 N–H and O–H groups in total. The summed E-state index contributed by atoms with van der Waals surface area (Å²) in [5.41, 5.74) is 0. The van der Waals surface area contributed by atoms with Crippen molar-refractivity contribution in [2.45, 2.75) is 24.4 Å². The zero-order chi connectivity index (χ0) is 34.0. The van der Waals surface area contributed by atoms with Crippen LogP contribution in [0.2, 0.25) is 0 Å². The van der Waals surface area contributed by atoms with Crippen LogP contribution >= 0.6 is 31.3 Å². The molecule has 0 aromatic rings. The number of esters is 2. The van der Waals surface area contributed by atoms with Crippen LogP contribution in [-0.4, -0.2) is 180 Å². The maximum absolute atomic E-state index is 10.5. The van der Waals surface area contributed by atoms with Crippen molar-refractivity contribution >= 4 is 112 Å². The molecule has 0 aromatic carbocycles. The molecule has 0 amide bonds. The number of cyclic esters (lactones) is 2. The topological polar surface area (TPSA) is 543 Å². The van der Waals surface area contributed by atoms with Gasteiger partial charge in [0.2, 0.25) is 11.5 Å². The van der Waals surface area contributed by atoms with E-state index in [2.05, 4.69) is 18.1 Å². The average molecular weight is 811 g/mol.